The molecule has 5 heteroatoms. The molecule has 0 spiro atoms. The molecule has 1 aromatic carbocycles. The van der Waals surface area contributed by atoms with Crippen molar-refractivity contribution >= 4 is 17.8 Å². The number of hydrogen-bond acceptors (Lipinski definition) is 4. The van der Waals surface area contributed by atoms with Gasteiger partial charge >= 0.3 is 0 Å². The van der Waals surface area contributed by atoms with Gasteiger partial charge in [-0.2, -0.15) is 0 Å². The number of ether oxygens (including phenoxy) is 2. The Hall–Kier alpha value is -1.88. The number of halogens is 1. The Bertz CT molecular complexity index is 566. The van der Waals surface area contributed by atoms with Crippen LogP contribution in [0.4, 0.5) is 4.39 Å². The Kier molecular flexibility index (Phi) is 4.52. The summed E-state index contributed by atoms with van der Waals surface area (Å²) >= 11 is 1.63. The summed E-state index contributed by atoms with van der Waals surface area (Å²) in [7, 11) is 0. The van der Waals surface area contributed by atoms with Gasteiger partial charge in [-0.15, -0.1) is 11.3 Å². The van der Waals surface area contributed by atoms with Gasteiger partial charge in [0.1, 0.15) is 18.2 Å². The van der Waals surface area contributed by atoms with Crippen LogP contribution in [-0.4, -0.2) is 13.1 Å². The van der Waals surface area contributed by atoms with E-state index >= 15 is 0 Å². The van der Waals surface area contributed by atoms with E-state index in [9.17, 15) is 9.18 Å². The first-order chi connectivity index (χ1) is 9.26. The summed E-state index contributed by atoms with van der Waals surface area (Å²) in [5.74, 6) is 0.565. The highest BCUT2D eigenvalue weighted by atomic mass is 32.1. The first-order valence-electron chi connectivity index (χ1n) is 5.80. The molecular weight excluding hydrogens is 267 g/mol. The van der Waals surface area contributed by atoms with Gasteiger partial charge in [0.15, 0.2) is 0 Å². The van der Waals surface area contributed by atoms with Crippen molar-refractivity contribution in [3.8, 4) is 16.2 Å². The number of fused-ring (bicyclic) bond motifs is 3. The summed E-state index contributed by atoms with van der Waals surface area (Å²) < 4.78 is 22.7. The normalized spacial score (nSPS) is 11.3. The average molecular weight is 280 g/mol. The Balaban J connectivity index is 0.000000232. The minimum Gasteiger partial charge on any atom is -0.488 e. The van der Waals surface area contributed by atoms with E-state index < -0.39 is 0 Å². The van der Waals surface area contributed by atoms with Crippen LogP contribution in [0.1, 0.15) is 12.5 Å². The van der Waals surface area contributed by atoms with Crippen molar-refractivity contribution in [2.45, 2.75) is 13.5 Å². The van der Waals surface area contributed by atoms with Crippen molar-refractivity contribution in [3.63, 3.8) is 0 Å². The second-order valence-electron chi connectivity index (χ2n) is 3.76. The molecule has 0 saturated heterocycles. The van der Waals surface area contributed by atoms with Crippen LogP contribution in [0, 0.1) is 5.82 Å². The van der Waals surface area contributed by atoms with Crippen molar-refractivity contribution in [2.75, 3.05) is 6.61 Å². The van der Waals surface area contributed by atoms with Crippen molar-refractivity contribution < 1.29 is 18.7 Å². The Morgan fingerprint density at radius 2 is 2.32 bits per heavy atom. The lowest BCUT2D eigenvalue weighted by Crippen LogP contribution is -2.02. The monoisotopic (exact) mass is 280 g/mol. The van der Waals surface area contributed by atoms with Gasteiger partial charge in [-0.05, 0) is 36.6 Å². The zero-order valence-electron chi connectivity index (χ0n) is 10.4. The van der Waals surface area contributed by atoms with E-state index in [4.69, 9.17) is 4.74 Å². The predicted molar refractivity (Wildman–Crippen MR) is 71.7 cm³/mol. The molecule has 2 heterocycles. The van der Waals surface area contributed by atoms with Crippen molar-refractivity contribution in [3.05, 3.63) is 41.0 Å². The number of carbonyl (C=O) groups is 1. The molecule has 1 aromatic heterocycles. The quantitative estimate of drug-likeness (QED) is 0.788. The summed E-state index contributed by atoms with van der Waals surface area (Å²) in [4.78, 5) is 10.3. The van der Waals surface area contributed by atoms with Crippen LogP contribution in [0.3, 0.4) is 0 Å². The SMILES string of the molecule is CCOC=O.Fc1ccc2c(c1)-c1sccc1CO2. The second-order valence-corrected chi connectivity index (χ2v) is 4.67. The molecule has 1 aliphatic heterocycles. The number of benzene rings is 1. The van der Waals surface area contributed by atoms with E-state index in [2.05, 4.69) is 4.74 Å². The van der Waals surface area contributed by atoms with Crippen LogP contribution in [-0.2, 0) is 16.1 Å². The van der Waals surface area contributed by atoms with Crippen LogP contribution in [0.2, 0.25) is 0 Å². The van der Waals surface area contributed by atoms with Crippen LogP contribution in [0.5, 0.6) is 5.75 Å². The van der Waals surface area contributed by atoms with Gasteiger partial charge in [-0.3, -0.25) is 4.79 Å². The third kappa shape index (κ3) is 3.12. The lowest BCUT2D eigenvalue weighted by atomic mass is 10.1. The summed E-state index contributed by atoms with van der Waals surface area (Å²) in [6.45, 7) is 3.26. The van der Waals surface area contributed by atoms with Gasteiger partial charge in [-0.1, -0.05) is 0 Å². The minimum atomic E-state index is -0.214. The van der Waals surface area contributed by atoms with E-state index in [1.807, 2.05) is 11.4 Å². The topological polar surface area (TPSA) is 35.5 Å². The molecule has 1 aliphatic rings. The summed E-state index contributed by atoms with van der Waals surface area (Å²) in [5.41, 5.74) is 2.02. The molecule has 0 radical (unpaired) electrons. The van der Waals surface area contributed by atoms with E-state index in [1.54, 1.807) is 24.3 Å². The standard InChI is InChI=1S/C11H7FOS.C3H6O2/c12-8-1-2-10-9(5-8)11-7(6-13-10)3-4-14-11;1-2-5-3-4/h1-5H,6H2;3H,2H2,1H3. The maximum Gasteiger partial charge on any atom is 0.293 e. The van der Waals surface area contributed by atoms with E-state index in [0.29, 0.717) is 19.7 Å². The molecule has 3 rings (SSSR count). The first kappa shape index (κ1) is 13.5. The maximum absolute atomic E-state index is 13.0. The Labute approximate surface area is 114 Å². The van der Waals surface area contributed by atoms with Gasteiger partial charge in [0.05, 0.1) is 6.61 Å². The third-order valence-electron chi connectivity index (χ3n) is 2.55. The van der Waals surface area contributed by atoms with Gasteiger partial charge in [0.25, 0.3) is 6.47 Å². The van der Waals surface area contributed by atoms with E-state index in [-0.39, 0.29) is 5.82 Å². The lowest BCUT2D eigenvalue weighted by molar-refractivity contribution is -0.128. The molecule has 0 aliphatic carbocycles. The molecule has 0 fully saturated rings. The largest absolute Gasteiger partial charge is 0.488 e. The van der Waals surface area contributed by atoms with Crippen molar-refractivity contribution in [2.24, 2.45) is 0 Å². The number of rotatable bonds is 2. The molecule has 100 valence electrons. The molecule has 0 amide bonds. The van der Waals surface area contributed by atoms with Crippen molar-refractivity contribution in [1.82, 2.24) is 0 Å². The highest BCUT2D eigenvalue weighted by molar-refractivity contribution is 7.13. The summed E-state index contributed by atoms with van der Waals surface area (Å²) in [5, 5.41) is 2.01. The lowest BCUT2D eigenvalue weighted by Gasteiger charge is -2.17. The smallest absolute Gasteiger partial charge is 0.293 e. The van der Waals surface area contributed by atoms with Crippen molar-refractivity contribution in [1.29, 1.82) is 0 Å². The third-order valence-corrected chi connectivity index (χ3v) is 3.54. The summed E-state index contributed by atoms with van der Waals surface area (Å²) in [6, 6.07) is 6.67. The predicted octanol–water partition coefficient (Wildman–Crippen LogP) is 3.63. The number of hydrogen-bond donors (Lipinski definition) is 0. The van der Waals surface area contributed by atoms with Crippen LogP contribution in [0.15, 0.2) is 29.6 Å². The summed E-state index contributed by atoms with van der Waals surface area (Å²) in [6.07, 6.45) is 0. The fraction of sp³-hybridized carbons (Fsp3) is 0.214. The molecule has 0 atom stereocenters. The number of thiophene rings is 1. The zero-order valence-corrected chi connectivity index (χ0v) is 11.2. The Morgan fingerprint density at radius 3 is 3.00 bits per heavy atom. The molecule has 2 aromatic rings. The fourth-order valence-electron chi connectivity index (χ4n) is 1.71. The van der Waals surface area contributed by atoms with E-state index in [1.165, 1.54) is 12.1 Å². The molecule has 0 saturated carbocycles. The number of carbonyl (C=O) groups excluding carboxylic acids is 1. The molecule has 0 bridgehead atoms. The molecule has 0 unspecified atom stereocenters. The maximum atomic E-state index is 13.0. The second kappa shape index (κ2) is 6.33. The van der Waals surface area contributed by atoms with Gasteiger partial charge in [-0.25, -0.2) is 4.39 Å². The molecule has 19 heavy (non-hydrogen) atoms. The van der Waals surface area contributed by atoms with E-state index in [0.717, 1.165) is 21.8 Å². The van der Waals surface area contributed by atoms with Crippen LogP contribution >= 0.6 is 11.3 Å². The highest BCUT2D eigenvalue weighted by Crippen LogP contribution is 2.40. The van der Waals surface area contributed by atoms with Crippen LogP contribution in [0.25, 0.3) is 10.4 Å². The van der Waals surface area contributed by atoms with Gasteiger partial charge in [0, 0.05) is 16.0 Å². The molecular formula is C14H13FO3S. The minimum absolute atomic E-state index is 0.214. The first-order valence-corrected chi connectivity index (χ1v) is 6.68. The average Bonchev–Trinajstić information content (AvgIpc) is 2.89. The highest BCUT2D eigenvalue weighted by Gasteiger charge is 2.18. The fourth-order valence-corrected chi connectivity index (χ4v) is 2.65. The van der Waals surface area contributed by atoms with Crippen LogP contribution < -0.4 is 4.74 Å². The molecule has 3 nitrogen and oxygen atoms in total. The van der Waals surface area contributed by atoms with Gasteiger partial charge in [0.2, 0.25) is 0 Å². The molecule has 0 N–H and O–H groups in total. The Morgan fingerprint density at radius 1 is 1.47 bits per heavy atom. The zero-order chi connectivity index (χ0) is 13.7. The van der Waals surface area contributed by atoms with Gasteiger partial charge < -0.3 is 9.47 Å².